The third-order valence-electron chi connectivity index (χ3n) is 3.28. The van der Waals surface area contributed by atoms with E-state index in [0.29, 0.717) is 17.5 Å². The molecule has 2 N–H and O–H groups in total. The molecule has 1 atom stereocenters. The lowest BCUT2D eigenvalue weighted by molar-refractivity contribution is -0.385. The molecule has 0 aliphatic carbocycles. The Labute approximate surface area is 128 Å². The number of aryl methyl sites for hydroxylation is 1. The number of aromatic nitrogens is 2. The van der Waals surface area contributed by atoms with Crippen molar-refractivity contribution in [3.63, 3.8) is 0 Å². The predicted molar refractivity (Wildman–Crippen MR) is 86.2 cm³/mol. The molecule has 1 unspecified atom stereocenters. The summed E-state index contributed by atoms with van der Waals surface area (Å²) in [6, 6.07) is 0.232. The second-order valence-electron chi connectivity index (χ2n) is 5.07. The molecule has 2 heterocycles. The highest BCUT2D eigenvalue weighted by molar-refractivity contribution is 7.99. The van der Waals surface area contributed by atoms with Gasteiger partial charge in [0.1, 0.15) is 5.69 Å². The number of hydrogen-bond acceptors (Lipinski definition) is 7. The van der Waals surface area contributed by atoms with Crippen LogP contribution in [0.25, 0.3) is 0 Å². The summed E-state index contributed by atoms with van der Waals surface area (Å²) in [6.45, 7) is 4.44. The molecule has 0 bridgehead atoms. The van der Waals surface area contributed by atoms with E-state index in [0.717, 1.165) is 37.3 Å². The first-order valence-electron chi connectivity index (χ1n) is 7.23. The normalized spacial score (nSPS) is 18.3. The summed E-state index contributed by atoms with van der Waals surface area (Å²) in [5.41, 5.74) is 0.368. The van der Waals surface area contributed by atoms with Crippen LogP contribution in [0.1, 0.15) is 31.9 Å². The van der Waals surface area contributed by atoms with Crippen LogP contribution in [-0.2, 0) is 0 Å². The van der Waals surface area contributed by atoms with Crippen molar-refractivity contribution in [3.8, 4) is 0 Å². The third kappa shape index (κ3) is 4.20. The molecule has 21 heavy (non-hydrogen) atoms. The molecule has 1 saturated heterocycles. The van der Waals surface area contributed by atoms with Crippen LogP contribution in [0.2, 0.25) is 0 Å². The molecule has 1 aliphatic heterocycles. The maximum absolute atomic E-state index is 11.3. The molecule has 1 aromatic rings. The van der Waals surface area contributed by atoms with E-state index < -0.39 is 4.92 Å². The summed E-state index contributed by atoms with van der Waals surface area (Å²) in [5, 5.41) is 17.6. The van der Waals surface area contributed by atoms with Gasteiger partial charge in [0.05, 0.1) is 4.92 Å². The maximum Gasteiger partial charge on any atom is 0.332 e. The molecule has 8 heteroatoms. The summed E-state index contributed by atoms with van der Waals surface area (Å²) in [5.74, 6) is 2.90. The van der Waals surface area contributed by atoms with E-state index >= 15 is 0 Å². The van der Waals surface area contributed by atoms with Gasteiger partial charge in [-0.15, -0.1) is 0 Å². The molecule has 0 spiro atoms. The first kappa shape index (κ1) is 15.8. The lowest BCUT2D eigenvalue weighted by Gasteiger charge is -2.23. The second kappa shape index (κ2) is 7.44. The lowest BCUT2D eigenvalue weighted by Crippen LogP contribution is -2.27. The zero-order valence-corrected chi connectivity index (χ0v) is 13.2. The van der Waals surface area contributed by atoms with E-state index in [2.05, 4.69) is 20.6 Å². The third-order valence-corrected chi connectivity index (χ3v) is 4.49. The van der Waals surface area contributed by atoms with Crippen molar-refractivity contribution in [1.29, 1.82) is 0 Å². The topological polar surface area (TPSA) is 93.0 Å². The van der Waals surface area contributed by atoms with E-state index in [1.54, 1.807) is 6.92 Å². The van der Waals surface area contributed by atoms with Gasteiger partial charge >= 0.3 is 5.69 Å². The Kier molecular flexibility index (Phi) is 5.60. The van der Waals surface area contributed by atoms with Crippen LogP contribution in [-0.4, -0.2) is 39.0 Å². The lowest BCUT2D eigenvalue weighted by atomic mass is 10.2. The Morgan fingerprint density at radius 1 is 1.48 bits per heavy atom. The fourth-order valence-corrected chi connectivity index (χ4v) is 3.32. The molecule has 116 valence electrons. The molecule has 2 rings (SSSR count). The van der Waals surface area contributed by atoms with E-state index in [9.17, 15) is 10.1 Å². The van der Waals surface area contributed by atoms with Gasteiger partial charge in [0.25, 0.3) is 0 Å². The zero-order chi connectivity index (χ0) is 15.2. The smallest absolute Gasteiger partial charge is 0.332 e. The maximum atomic E-state index is 11.3. The number of nitrogens with one attached hydrogen (secondary N) is 2. The van der Waals surface area contributed by atoms with Crippen LogP contribution in [0, 0.1) is 17.0 Å². The molecule has 7 nitrogen and oxygen atoms in total. The summed E-state index contributed by atoms with van der Waals surface area (Å²) in [7, 11) is 0. The number of nitrogens with zero attached hydrogens (tertiary/aromatic N) is 3. The van der Waals surface area contributed by atoms with Crippen LogP contribution in [0.15, 0.2) is 0 Å². The average Bonchev–Trinajstić information content (AvgIpc) is 2.45. The van der Waals surface area contributed by atoms with Crippen molar-refractivity contribution < 1.29 is 4.92 Å². The van der Waals surface area contributed by atoms with Gasteiger partial charge in [-0.25, -0.2) is 4.98 Å². The minimum absolute atomic E-state index is 0.0207. The summed E-state index contributed by atoms with van der Waals surface area (Å²) >= 11 is 1.87. The predicted octanol–water partition coefficient (Wildman–Crippen LogP) is 2.82. The SMILES string of the molecule is CCCNc1nc(C)c([N+](=O)[O-])c(NC2CCCSC2)n1. The van der Waals surface area contributed by atoms with Gasteiger partial charge in [0.15, 0.2) is 0 Å². The van der Waals surface area contributed by atoms with Gasteiger partial charge in [-0.3, -0.25) is 10.1 Å². The van der Waals surface area contributed by atoms with Crippen LogP contribution in [0.5, 0.6) is 0 Å². The van der Waals surface area contributed by atoms with Crippen molar-refractivity contribution in [1.82, 2.24) is 9.97 Å². The quantitative estimate of drug-likeness (QED) is 0.616. The van der Waals surface area contributed by atoms with Gasteiger partial charge in [0, 0.05) is 18.3 Å². The van der Waals surface area contributed by atoms with Crippen LogP contribution >= 0.6 is 11.8 Å². The molecule has 0 aromatic carbocycles. The zero-order valence-electron chi connectivity index (χ0n) is 12.4. The Balaban J connectivity index is 2.25. The van der Waals surface area contributed by atoms with Gasteiger partial charge in [0.2, 0.25) is 11.8 Å². The number of hydrogen-bond donors (Lipinski definition) is 2. The van der Waals surface area contributed by atoms with Crippen molar-refractivity contribution in [2.75, 3.05) is 28.7 Å². The van der Waals surface area contributed by atoms with Gasteiger partial charge < -0.3 is 10.6 Å². The first-order valence-corrected chi connectivity index (χ1v) is 8.38. The molecular weight excluding hydrogens is 290 g/mol. The van der Waals surface area contributed by atoms with Crippen LogP contribution in [0.4, 0.5) is 17.5 Å². The Bertz CT molecular complexity index is 506. The Morgan fingerprint density at radius 2 is 2.29 bits per heavy atom. The minimum atomic E-state index is -0.406. The standard InChI is InChI=1S/C13H21N5O2S/c1-3-6-14-13-15-9(2)11(18(19)20)12(17-13)16-10-5-4-7-21-8-10/h10H,3-8H2,1-2H3,(H2,14,15,16,17). The van der Waals surface area contributed by atoms with Crippen molar-refractivity contribution in [2.45, 2.75) is 39.2 Å². The Morgan fingerprint density at radius 3 is 2.90 bits per heavy atom. The average molecular weight is 311 g/mol. The fourth-order valence-electron chi connectivity index (χ4n) is 2.25. The van der Waals surface area contributed by atoms with Gasteiger partial charge in [-0.1, -0.05) is 6.92 Å². The largest absolute Gasteiger partial charge is 0.361 e. The molecular formula is C13H21N5O2S. The molecule has 0 amide bonds. The molecule has 1 aromatic heterocycles. The fraction of sp³-hybridized carbons (Fsp3) is 0.692. The monoisotopic (exact) mass is 311 g/mol. The van der Waals surface area contributed by atoms with Crippen molar-refractivity contribution in [3.05, 3.63) is 15.8 Å². The molecule has 1 fully saturated rings. The molecule has 1 aliphatic rings. The van der Waals surface area contributed by atoms with E-state index in [4.69, 9.17) is 0 Å². The van der Waals surface area contributed by atoms with Crippen molar-refractivity contribution in [2.24, 2.45) is 0 Å². The molecule has 0 saturated carbocycles. The van der Waals surface area contributed by atoms with Crippen LogP contribution in [0.3, 0.4) is 0 Å². The van der Waals surface area contributed by atoms with Gasteiger partial charge in [-0.05, 0) is 31.9 Å². The van der Waals surface area contributed by atoms with Gasteiger partial charge in [-0.2, -0.15) is 16.7 Å². The number of anilines is 2. The van der Waals surface area contributed by atoms with E-state index in [-0.39, 0.29) is 11.7 Å². The first-order chi connectivity index (χ1) is 10.1. The van der Waals surface area contributed by atoms with E-state index in [1.165, 1.54) is 0 Å². The van der Waals surface area contributed by atoms with Crippen LogP contribution < -0.4 is 10.6 Å². The Hall–Kier alpha value is -1.57. The van der Waals surface area contributed by atoms with Crippen molar-refractivity contribution >= 4 is 29.2 Å². The highest BCUT2D eigenvalue weighted by atomic mass is 32.2. The summed E-state index contributed by atoms with van der Waals surface area (Å²) < 4.78 is 0. The minimum Gasteiger partial charge on any atom is -0.361 e. The number of thioether (sulfide) groups is 1. The summed E-state index contributed by atoms with van der Waals surface area (Å²) in [4.78, 5) is 19.3. The molecule has 0 radical (unpaired) electrons. The highest BCUT2D eigenvalue weighted by Crippen LogP contribution is 2.29. The summed E-state index contributed by atoms with van der Waals surface area (Å²) in [6.07, 6.45) is 3.09. The number of rotatable bonds is 6. The highest BCUT2D eigenvalue weighted by Gasteiger charge is 2.25. The number of nitro groups is 1. The van der Waals surface area contributed by atoms with E-state index in [1.807, 2.05) is 18.7 Å². The second-order valence-corrected chi connectivity index (χ2v) is 6.22.